The maximum Gasteiger partial charge on any atom is 0.164 e. The van der Waals surface area contributed by atoms with Gasteiger partial charge >= 0.3 is 0 Å². The maximum atomic E-state index is 6.65. The average molecular weight is 602 g/mol. The minimum Gasteiger partial charge on any atom is -0.455 e. The van der Waals surface area contributed by atoms with Crippen molar-refractivity contribution < 1.29 is 4.42 Å². The highest BCUT2D eigenvalue weighted by atomic mass is 16.3. The molecule has 9 rings (SSSR count). The van der Waals surface area contributed by atoms with Gasteiger partial charge < -0.3 is 4.42 Å². The molecule has 0 aliphatic carbocycles. The Bertz CT molecular complexity index is 2550. The lowest BCUT2D eigenvalue weighted by atomic mass is 9.99. The molecule has 2 heterocycles. The van der Waals surface area contributed by atoms with E-state index in [0.29, 0.717) is 17.5 Å². The molecule has 4 nitrogen and oxygen atoms in total. The third kappa shape index (κ3) is 4.84. The third-order valence-electron chi connectivity index (χ3n) is 8.74. The normalized spacial score (nSPS) is 11.4. The second-order valence-corrected chi connectivity index (χ2v) is 11.6. The van der Waals surface area contributed by atoms with Crippen LogP contribution in [0.2, 0.25) is 0 Å². The van der Waals surface area contributed by atoms with E-state index in [4.69, 9.17) is 19.4 Å². The molecule has 4 heteroatoms. The smallest absolute Gasteiger partial charge is 0.164 e. The van der Waals surface area contributed by atoms with Crippen molar-refractivity contribution in [2.24, 2.45) is 0 Å². The molecule has 0 amide bonds. The molecule has 0 saturated heterocycles. The lowest BCUT2D eigenvalue weighted by molar-refractivity contribution is 0.674. The van der Waals surface area contributed by atoms with Gasteiger partial charge in [-0.25, -0.2) is 15.0 Å². The first-order chi connectivity index (χ1) is 23.3. The van der Waals surface area contributed by atoms with Crippen LogP contribution in [0.15, 0.2) is 168 Å². The van der Waals surface area contributed by atoms with E-state index in [1.807, 2.05) is 36.4 Å². The van der Waals surface area contributed by atoms with Crippen LogP contribution in [0.1, 0.15) is 0 Å². The number of hydrogen-bond acceptors (Lipinski definition) is 4. The zero-order valence-electron chi connectivity index (χ0n) is 25.3. The SMILES string of the molecule is c1ccc(-c2ccc(-c3nc(-c4ccccc4)nc(-c4cccc(-c5cccc6c5oc5c7ccccc7ccc65)c4)n3)cc2)cc1. The van der Waals surface area contributed by atoms with E-state index >= 15 is 0 Å². The third-order valence-corrected chi connectivity index (χ3v) is 8.74. The van der Waals surface area contributed by atoms with Crippen molar-refractivity contribution in [3.63, 3.8) is 0 Å². The van der Waals surface area contributed by atoms with Gasteiger partial charge in [-0.15, -0.1) is 0 Å². The molecule has 0 N–H and O–H groups in total. The minimum absolute atomic E-state index is 0.616. The number of fused-ring (bicyclic) bond motifs is 5. The van der Waals surface area contributed by atoms with Crippen molar-refractivity contribution in [2.45, 2.75) is 0 Å². The van der Waals surface area contributed by atoms with Crippen molar-refractivity contribution in [3.05, 3.63) is 164 Å². The highest BCUT2D eigenvalue weighted by molar-refractivity contribution is 6.17. The van der Waals surface area contributed by atoms with Gasteiger partial charge in [0.05, 0.1) is 0 Å². The predicted molar refractivity (Wildman–Crippen MR) is 192 cm³/mol. The Labute approximate surface area is 271 Å². The molecule has 0 radical (unpaired) electrons. The van der Waals surface area contributed by atoms with Crippen LogP contribution in [0.25, 0.3) is 89.1 Å². The second-order valence-electron chi connectivity index (χ2n) is 11.6. The van der Waals surface area contributed by atoms with Gasteiger partial charge in [0.15, 0.2) is 17.5 Å². The van der Waals surface area contributed by atoms with Crippen molar-refractivity contribution in [1.29, 1.82) is 0 Å². The van der Waals surface area contributed by atoms with Crippen molar-refractivity contribution in [1.82, 2.24) is 15.0 Å². The van der Waals surface area contributed by atoms with Crippen LogP contribution >= 0.6 is 0 Å². The van der Waals surface area contributed by atoms with E-state index in [1.54, 1.807) is 0 Å². The summed E-state index contributed by atoms with van der Waals surface area (Å²) in [5.41, 5.74) is 8.94. The zero-order chi connectivity index (χ0) is 31.2. The van der Waals surface area contributed by atoms with E-state index < -0.39 is 0 Å². The molecular formula is C43H27N3O. The highest BCUT2D eigenvalue weighted by Gasteiger charge is 2.17. The summed E-state index contributed by atoms with van der Waals surface area (Å²) in [5, 5.41) is 4.49. The number of furan rings is 1. The van der Waals surface area contributed by atoms with Gasteiger partial charge in [0.1, 0.15) is 11.2 Å². The summed E-state index contributed by atoms with van der Waals surface area (Å²) in [5.74, 6) is 1.88. The topological polar surface area (TPSA) is 51.8 Å². The van der Waals surface area contributed by atoms with Gasteiger partial charge in [-0.1, -0.05) is 152 Å². The fraction of sp³-hybridized carbons (Fsp3) is 0. The lowest BCUT2D eigenvalue weighted by Crippen LogP contribution is -2.00. The van der Waals surface area contributed by atoms with E-state index in [1.165, 1.54) is 5.56 Å². The fourth-order valence-corrected chi connectivity index (χ4v) is 6.37. The van der Waals surface area contributed by atoms with Gasteiger partial charge in [0.2, 0.25) is 0 Å². The first-order valence-corrected chi connectivity index (χ1v) is 15.7. The molecule has 7 aromatic carbocycles. The maximum absolute atomic E-state index is 6.65. The van der Waals surface area contributed by atoms with Crippen LogP contribution in [-0.4, -0.2) is 15.0 Å². The summed E-state index contributed by atoms with van der Waals surface area (Å²) >= 11 is 0. The van der Waals surface area contributed by atoms with E-state index in [-0.39, 0.29) is 0 Å². The molecule has 2 aromatic heterocycles. The average Bonchev–Trinajstić information content (AvgIpc) is 3.55. The van der Waals surface area contributed by atoms with Crippen molar-refractivity contribution >= 4 is 32.7 Å². The summed E-state index contributed by atoms with van der Waals surface area (Å²) in [6.07, 6.45) is 0. The first kappa shape index (κ1) is 27.0. The number of rotatable bonds is 5. The van der Waals surface area contributed by atoms with Crippen LogP contribution in [0.4, 0.5) is 0 Å². The predicted octanol–water partition coefficient (Wildman–Crippen LogP) is 11.3. The molecule has 0 aliphatic heterocycles. The quantitative estimate of drug-likeness (QED) is 0.197. The molecule has 0 saturated carbocycles. The monoisotopic (exact) mass is 601 g/mol. The molecule has 0 unspecified atom stereocenters. The van der Waals surface area contributed by atoms with Gasteiger partial charge in [-0.3, -0.25) is 0 Å². The molecule has 9 aromatic rings. The van der Waals surface area contributed by atoms with Crippen molar-refractivity contribution in [2.75, 3.05) is 0 Å². The summed E-state index contributed by atoms with van der Waals surface area (Å²) in [4.78, 5) is 14.9. The van der Waals surface area contributed by atoms with Gasteiger partial charge in [0, 0.05) is 38.4 Å². The number of aromatic nitrogens is 3. The number of para-hydroxylation sites is 1. The molecule has 0 fully saturated rings. The summed E-state index contributed by atoms with van der Waals surface area (Å²) in [7, 11) is 0. The second kappa shape index (κ2) is 11.2. The minimum atomic E-state index is 0.616. The van der Waals surface area contributed by atoms with Gasteiger partial charge in [0.25, 0.3) is 0 Å². The van der Waals surface area contributed by atoms with Crippen LogP contribution in [0.5, 0.6) is 0 Å². The van der Waals surface area contributed by atoms with Crippen molar-refractivity contribution in [3.8, 4) is 56.4 Å². The van der Waals surface area contributed by atoms with Gasteiger partial charge in [-0.05, 0) is 34.2 Å². The van der Waals surface area contributed by atoms with E-state index in [0.717, 1.165) is 66.1 Å². The zero-order valence-corrected chi connectivity index (χ0v) is 25.3. The summed E-state index contributed by atoms with van der Waals surface area (Å²) in [6, 6.07) is 56.3. The fourth-order valence-electron chi connectivity index (χ4n) is 6.37. The Kier molecular flexibility index (Phi) is 6.43. The van der Waals surface area contributed by atoms with Crippen LogP contribution in [-0.2, 0) is 0 Å². The largest absolute Gasteiger partial charge is 0.455 e. The Morgan fingerprint density at radius 1 is 0.319 bits per heavy atom. The van der Waals surface area contributed by atoms with E-state index in [9.17, 15) is 0 Å². The highest BCUT2D eigenvalue weighted by Crippen LogP contribution is 2.39. The Hall–Kier alpha value is -6.39. The molecule has 0 bridgehead atoms. The standard InChI is InChI=1S/C43H27N3O/c1-3-11-28(12-4-1)29-21-23-32(24-22-29)42-44-41(31-14-5-2-6-15-31)45-43(46-42)34-17-9-16-33(27-34)36-19-10-20-37-38-26-25-30-13-7-8-18-35(30)39(38)47-40(36)37/h1-27H. The van der Waals surface area contributed by atoms with Gasteiger partial charge in [-0.2, -0.15) is 0 Å². The number of nitrogens with zero attached hydrogens (tertiary/aromatic N) is 3. The van der Waals surface area contributed by atoms with E-state index in [2.05, 4.69) is 127 Å². The molecular weight excluding hydrogens is 574 g/mol. The molecule has 220 valence electrons. The van der Waals surface area contributed by atoms with Crippen LogP contribution < -0.4 is 0 Å². The molecule has 0 atom stereocenters. The summed E-state index contributed by atoms with van der Waals surface area (Å²) < 4.78 is 6.65. The van der Waals surface area contributed by atoms with Crippen LogP contribution in [0, 0.1) is 0 Å². The lowest BCUT2D eigenvalue weighted by Gasteiger charge is -2.10. The first-order valence-electron chi connectivity index (χ1n) is 15.7. The summed E-state index contributed by atoms with van der Waals surface area (Å²) in [6.45, 7) is 0. The Morgan fingerprint density at radius 3 is 1.60 bits per heavy atom. The Balaban J connectivity index is 1.17. The molecule has 47 heavy (non-hydrogen) atoms. The molecule has 0 spiro atoms. The Morgan fingerprint density at radius 2 is 0.830 bits per heavy atom. The number of hydrogen-bond donors (Lipinski definition) is 0. The van der Waals surface area contributed by atoms with Crippen LogP contribution in [0.3, 0.4) is 0 Å². The molecule has 0 aliphatic rings. The number of benzene rings is 7.